The Labute approximate surface area is 185 Å². The molecule has 1 fully saturated rings. The second kappa shape index (κ2) is 9.52. The molecule has 2 amide bonds. The van der Waals surface area contributed by atoms with E-state index in [9.17, 15) is 19.1 Å². The lowest BCUT2D eigenvalue weighted by molar-refractivity contribution is 0.0641. The summed E-state index contributed by atoms with van der Waals surface area (Å²) < 4.78 is 24.4. The maximum absolute atomic E-state index is 13.3. The number of hydrogen-bond donors (Lipinski definition) is 2. The standard InChI is InChI=1S/C23H26FN3O5/c1-14-13-32-22-19(27(14)23(29)30)11-17(10-15-2-4-18(24)5-3-15)20(26-22)21(28)25-12-16-6-8-31-9-7-16/h2-5,11,14,16H,6-10,12-13H2,1H3,(H,25,28)(H,29,30)/t14-/m0/s1. The van der Waals surface area contributed by atoms with Crippen molar-refractivity contribution >= 4 is 17.7 Å². The van der Waals surface area contributed by atoms with E-state index < -0.39 is 12.1 Å². The highest BCUT2D eigenvalue weighted by molar-refractivity contribution is 5.96. The van der Waals surface area contributed by atoms with Crippen molar-refractivity contribution in [3.63, 3.8) is 0 Å². The first-order valence-electron chi connectivity index (χ1n) is 10.7. The third-order valence-corrected chi connectivity index (χ3v) is 5.83. The molecule has 1 saturated heterocycles. The van der Waals surface area contributed by atoms with E-state index in [0.29, 0.717) is 43.3 Å². The van der Waals surface area contributed by atoms with Crippen molar-refractivity contribution in [2.75, 3.05) is 31.3 Å². The second-order valence-electron chi connectivity index (χ2n) is 8.20. The molecular formula is C23H26FN3O5. The SMILES string of the molecule is C[C@H]1COc2nc(C(=O)NCC3CCOCC3)c(Cc3ccc(F)cc3)cc2N1C(=O)O. The number of ether oxygens (including phenoxy) is 2. The minimum atomic E-state index is -1.12. The van der Waals surface area contributed by atoms with Crippen molar-refractivity contribution < 1.29 is 28.6 Å². The van der Waals surface area contributed by atoms with E-state index in [1.807, 2.05) is 0 Å². The van der Waals surface area contributed by atoms with Gasteiger partial charge in [0, 0.05) is 19.8 Å². The Morgan fingerprint density at radius 2 is 1.97 bits per heavy atom. The minimum Gasteiger partial charge on any atom is -0.474 e. The monoisotopic (exact) mass is 443 g/mol. The van der Waals surface area contributed by atoms with Crippen LogP contribution in [0.3, 0.4) is 0 Å². The molecule has 2 aliphatic rings. The summed E-state index contributed by atoms with van der Waals surface area (Å²) in [7, 11) is 0. The van der Waals surface area contributed by atoms with E-state index in [0.717, 1.165) is 18.4 Å². The van der Waals surface area contributed by atoms with Crippen LogP contribution in [0.15, 0.2) is 30.3 Å². The van der Waals surface area contributed by atoms with Gasteiger partial charge in [-0.15, -0.1) is 0 Å². The maximum Gasteiger partial charge on any atom is 0.412 e. The van der Waals surface area contributed by atoms with E-state index in [4.69, 9.17) is 9.47 Å². The van der Waals surface area contributed by atoms with Crippen LogP contribution < -0.4 is 15.0 Å². The van der Waals surface area contributed by atoms with E-state index >= 15 is 0 Å². The first-order chi connectivity index (χ1) is 15.4. The number of carbonyl (C=O) groups is 2. The second-order valence-corrected chi connectivity index (χ2v) is 8.20. The molecule has 0 bridgehead atoms. The van der Waals surface area contributed by atoms with Crippen LogP contribution in [-0.2, 0) is 11.2 Å². The van der Waals surface area contributed by atoms with Crippen molar-refractivity contribution in [3.8, 4) is 5.88 Å². The van der Waals surface area contributed by atoms with Gasteiger partial charge >= 0.3 is 6.09 Å². The molecule has 1 aromatic carbocycles. The number of aromatic nitrogens is 1. The fourth-order valence-corrected chi connectivity index (χ4v) is 4.03. The lowest BCUT2D eigenvalue weighted by Gasteiger charge is -2.32. The van der Waals surface area contributed by atoms with Crippen molar-refractivity contribution in [2.45, 2.75) is 32.2 Å². The zero-order valence-corrected chi connectivity index (χ0v) is 17.8. The predicted molar refractivity (Wildman–Crippen MR) is 115 cm³/mol. The molecule has 2 aromatic rings. The third-order valence-electron chi connectivity index (χ3n) is 5.83. The number of hydrogen-bond acceptors (Lipinski definition) is 5. The highest BCUT2D eigenvalue weighted by atomic mass is 19.1. The van der Waals surface area contributed by atoms with E-state index in [2.05, 4.69) is 10.3 Å². The molecule has 32 heavy (non-hydrogen) atoms. The summed E-state index contributed by atoms with van der Waals surface area (Å²) in [4.78, 5) is 30.5. The number of carbonyl (C=O) groups excluding carboxylic acids is 1. The minimum absolute atomic E-state index is 0.115. The summed E-state index contributed by atoms with van der Waals surface area (Å²) in [6, 6.07) is 7.20. The number of fused-ring (bicyclic) bond motifs is 1. The van der Waals surface area contributed by atoms with Gasteiger partial charge in [-0.2, -0.15) is 0 Å². The molecule has 3 heterocycles. The average molecular weight is 443 g/mol. The molecule has 1 aromatic heterocycles. The molecule has 0 spiro atoms. The van der Waals surface area contributed by atoms with Crippen LogP contribution in [0.2, 0.25) is 0 Å². The van der Waals surface area contributed by atoms with Gasteiger partial charge in [0.1, 0.15) is 23.8 Å². The Kier molecular flexibility index (Phi) is 6.55. The number of nitrogens with one attached hydrogen (secondary N) is 1. The molecule has 0 radical (unpaired) electrons. The summed E-state index contributed by atoms with van der Waals surface area (Å²) in [5, 5.41) is 12.6. The van der Waals surface area contributed by atoms with Gasteiger partial charge in [0.2, 0.25) is 5.88 Å². The molecule has 0 aliphatic carbocycles. The van der Waals surface area contributed by atoms with Crippen LogP contribution in [0.1, 0.15) is 41.4 Å². The zero-order valence-electron chi connectivity index (χ0n) is 17.8. The summed E-state index contributed by atoms with van der Waals surface area (Å²) in [6.45, 7) is 3.77. The quantitative estimate of drug-likeness (QED) is 0.736. The van der Waals surface area contributed by atoms with Gasteiger partial charge in [0.25, 0.3) is 5.91 Å². The van der Waals surface area contributed by atoms with Crippen molar-refractivity contribution in [2.24, 2.45) is 5.92 Å². The Morgan fingerprint density at radius 3 is 2.66 bits per heavy atom. The van der Waals surface area contributed by atoms with Crippen molar-refractivity contribution in [1.82, 2.24) is 10.3 Å². The van der Waals surface area contributed by atoms with Gasteiger partial charge in [-0.3, -0.25) is 9.69 Å². The molecule has 8 nitrogen and oxygen atoms in total. The molecule has 170 valence electrons. The number of rotatable bonds is 5. The van der Waals surface area contributed by atoms with Crippen LogP contribution in [0, 0.1) is 11.7 Å². The first kappa shape index (κ1) is 22.0. The fraction of sp³-hybridized carbons (Fsp3) is 0.435. The lowest BCUT2D eigenvalue weighted by atomic mass is 9.99. The number of halogens is 1. The summed E-state index contributed by atoms with van der Waals surface area (Å²) in [5.41, 5.74) is 1.80. The van der Waals surface area contributed by atoms with E-state index in [-0.39, 0.29) is 29.9 Å². The van der Waals surface area contributed by atoms with Gasteiger partial charge in [0.15, 0.2) is 0 Å². The molecule has 2 N–H and O–H groups in total. The maximum atomic E-state index is 13.3. The number of benzene rings is 1. The van der Waals surface area contributed by atoms with Gasteiger partial charge in [-0.25, -0.2) is 14.2 Å². The first-order valence-corrected chi connectivity index (χ1v) is 10.7. The van der Waals surface area contributed by atoms with E-state index in [1.165, 1.54) is 17.0 Å². The molecule has 0 unspecified atom stereocenters. The van der Waals surface area contributed by atoms with Crippen LogP contribution in [0.4, 0.5) is 14.9 Å². The average Bonchev–Trinajstić information content (AvgIpc) is 2.79. The summed E-state index contributed by atoms with van der Waals surface area (Å²) in [5.74, 6) is -0.249. The summed E-state index contributed by atoms with van der Waals surface area (Å²) in [6.07, 6.45) is 0.944. The largest absolute Gasteiger partial charge is 0.474 e. The molecule has 4 rings (SSSR count). The Morgan fingerprint density at radius 1 is 1.25 bits per heavy atom. The van der Waals surface area contributed by atoms with Crippen LogP contribution in [0.5, 0.6) is 5.88 Å². The van der Waals surface area contributed by atoms with Crippen LogP contribution in [0.25, 0.3) is 0 Å². The van der Waals surface area contributed by atoms with Crippen LogP contribution in [-0.4, -0.2) is 54.5 Å². The van der Waals surface area contributed by atoms with Crippen molar-refractivity contribution in [1.29, 1.82) is 0 Å². The Bertz CT molecular complexity index is 992. The lowest BCUT2D eigenvalue weighted by Crippen LogP contribution is -2.45. The highest BCUT2D eigenvalue weighted by Gasteiger charge is 2.32. The topological polar surface area (TPSA) is 101 Å². The number of pyridine rings is 1. The normalized spacial score (nSPS) is 18.6. The third kappa shape index (κ3) is 4.83. The van der Waals surface area contributed by atoms with Gasteiger partial charge < -0.3 is 19.9 Å². The summed E-state index contributed by atoms with van der Waals surface area (Å²) >= 11 is 0. The van der Waals surface area contributed by atoms with E-state index in [1.54, 1.807) is 25.1 Å². The molecule has 0 saturated carbocycles. The number of nitrogens with zero attached hydrogens (tertiary/aromatic N) is 2. The predicted octanol–water partition coefficient (Wildman–Crippen LogP) is 3.23. The van der Waals surface area contributed by atoms with Crippen LogP contribution >= 0.6 is 0 Å². The Hall–Kier alpha value is -3.20. The number of anilines is 1. The highest BCUT2D eigenvalue weighted by Crippen LogP contribution is 2.35. The van der Waals surface area contributed by atoms with Gasteiger partial charge in [0.05, 0.1) is 6.04 Å². The van der Waals surface area contributed by atoms with Gasteiger partial charge in [-0.1, -0.05) is 12.1 Å². The fourth-order valence-electron chi connectivity index (χ4n) is 4.03. The Balaban J connectivity index is 1.66. The smallest absolute Gasteiger partial charge is 0.412 e. The molecule has 2 aliphatic heterocycles. The number of carboxylic acid groups (broad SMARTS) is 1. The van der Waals surface area contributed by atoms with Crippen molar-refractivity contribution in [3.05, 3.63) is 53.0 Å². The molecular weight excluding hydrogens is 417 g/mol. The zero-order chi connectivity index (χ0) is 22.7. The number of amides is 2. The molecule has 1 atom stereocenters. The molecule has 9 heteroatoms. The van der Waals surface area contributed by atoms with Gasteiger partial charge in [-0.05, 0) is 61.4 Å².